The number of amides is 2. The van der Waals surface area contributed by atoms with Gasteiger partial charge in [0.15, 0.2) is 0 Å². The molecule has 0 atom stereocenters. The van der Waals surface area contributed by atoms with Crippen LogP contribution in [-0.4, -0.2) is 30.8 Å². The molecular weight excluding hydrogens is 276 g/mol. The van der Waals surface area contributed by atoms with E-state index < -0.39 is 0 Å². The maximum atomic E-state index is 12.1. The van der Waals surface area contributed by atoms with Crippen LogP contribution in [0.25, 0.3) is 0 Å². The van der Waals surface area contributed by atoms with Crippen LogP contribution in [0.15, 0.2) is 48.5 Å². The zero-order valence-corrected chi connectivity index (χ0v) is 13.1. The van der Waals surface area contributed by atoms with Crippen LogP contribution in [0.3, 0.4) is 0 Å². The zero-order valence-electron chi connectivity index (χ0n) is 13.1. The Bertz CT molecular complexity index is 676. The minimum absolute atomic E-state index is 0.0524. The van der Waals surface area contributed by atoms with Gasteiger partial charge in [0.05, 0.1) is 6.42 Å². The summed E-state index contributed by atoms with van der Waals surface area (Å²) in [5.74, 6) is -0.0858. The zero-order chi connectivity index (χ0) is 16.1. The molecule has 0 aliphatic carbocycles. The fourth-order valence-electron chi connectivity index (χ4n) is 2.03. The lowest BCUT2D eigenvalue weighted by Crippen LogP contribution is -2.23. The van der Waals surface area contributed by atoms with Gasteiger partial charge in [-0.05, 0) is 36.8 Å². The van der Waals surface area contributed by atoms with Gasteiger partial charge in [-0.2, -0.15) is 0 Å². The van der Waals surface area contributed by atoms with Gasteiger partial charge < -0.3 is 10.2 Å². The average Bonchev–Trinajstić information content (AvgIpc) is 2.49. The molecule has 0 fully saturated rings. The highest BCUT2D eigenvalue weighted by atomic mass is 16.2. The number of nitrogens with zero attached hydrogens (tertiary/aromatic N) is 1. The maximum absolute atomic E-state index is 12.1. The van der Waals surface area contributed by atoms with Crippen LogP contribution < -0.4 is 5.32 Å². The minimum Gasteiger partial charge on any atom is -0.349 e. The maximum Gasteiger partial charge on any atom is 0.255 e. The summed E-state index contributed by atoms with van der Waals surface area (Å²) in [5.41, 5.74) is 3.32. The quantitative estimate of drug-likeness (QED) is 0.943. The van der Waals surface area contributed by atoms with Crippen molar-refractivity contribution in [2.24, 2.45) is 0 Å². The first-order chi connectivity index (χ1) is 10.5. The minimum atomic E-state index is -0.138. The molecule has 0 spiro atoms. The number of anilines is 1. The second-order valence-corrected chi connectivity index (χ2v) is 5.49. The van der Waals surface area contributed by atoms with Gasteiger partial charge >= 0.3 is 0 Å². The summed E-state index contributed by atoms with van der Waals surface area (Å²) in [4.78, 5) is 25.4. The van der Waals surface area contributed by atoms with E-state index in [9.17, 15) is 9.59 Å². The van der Waals surface area contributed by atoms with Crippen molar-refractivity contribution in [2.75, 3.05) is 19.4 Å². The Morgan fingerprint density at radius 1 is 1.05 bits per heavy atom. The van der Waals surface area contributed by atoms with Crippen molar-refractivity contribution in [1.82, 2.24) is 4.90 Å². The van der Waals surface area contributed by atoms with Crippen molar-refractivity contribution in [1.29, 1.82) is 0 Å². The van der Waals surface area contributed by atoms with Gasteiger partial charge in [0, 0.05) is 25.3 Å². The monoisotopic (exact) mass is 296 g/mol. The third-order valence-electron chi connectivity index (χ3n) is 3.35. The Morgan fingerprint density at radius 2 is 1.73 bits per heavy atom. The summed E-state index contributed by atoms with van der Waals surface area (Å²) in [5, 5.41) is 2.85. The fourth-order valence-corrected chi connectivity index (χ4v) is 2.03. The highest BCUT2D eigenvalue weighted by molar-refractivity contribution is 6.04. The number of benzene rings is 2. The van der Waals surface area contributed by atoms with E-state index in [1.165, 1.54) is 0 Å². The van der Waals surface area contributed by atoms with Crippen molar-refractivity contribution in [2.45, 2.75) is 13.3 Å². The van der Waals surface area contributed by atoms with E-state index in [1.807, 2.05) is 49.4 Å². The molecule has 0 unspecified atom stereocenters. The first kappa shape index (κ1) is 15.8. The number of carbonyl (C=O) groups is 2. The number of carbonyl (C=O) groups excluding carboxylic acids is 2. The van der Waals surface area contributed by atoms with Gasteiger partial charge in [-0.1, -0.05) is 29.8 Å². The summed E-state index contributed by atoms with van der Waals surface area (Å²) in [6, 6.07) is 14.8. The highest BCUT2D eigenvalue weighted by Crippen LogP contribution is 2.13. The lowest BCUT2D eigenvalue weighted by Gasteiger charge is -2.10. The first-order valence-electron chi connectivity index (χ1n) is 7.13. The standard InChI is InChI=1S/C18H20N2O2/c1-13-5-4-6-15(11-13)18(22)19-16-9-7-14(8-10-16)12-17(21)20(2)3/h4-11H,12H2,1-3H3,(H,19,22). The van der Waals surface area contributed by atoms with Crippen molar-refractivity contribution in [3.63, 3.8) is 0 Å². The van der Waals surface area contributed by atoms with Crippen molar-refractivity contribution < 1.29 is 9.59 Å². The Hall–Kier alpha value is -2.62. The summed E-state index contributed by atoms with van der Waals surface area (Å²) < 4.78 is 0. The Labute approximate surface area is 130 Å². The molecule has 0 saturated heterocycles. The summed E-state index contributed by atoms with van der Waals surface area (Å²) in [6.07, 6.45) is 0.360. The van der Waals surface area contributed by atoms with E-state index >= 15 is 0 Å². The Morgan fingerprint density at radius 3 is 2.32 bits per heavy atom. The van der Waals surface area contributed by atoms with Crippen LogP contribution in [0.2, 0.25) is 0 Å². The Balaban J connectivity index is 2.02. The van der Waals surface area contributed by atoms with Gasteiger partial charge in [-0.15, -0.1) is 0 Å². The fraction of sp³-hybridized carbons (Fsp3) is 0.222. The number of hydrogen-bond acceptors (Lipinski definition) is 2. The Kier molecular flexibility index (Phi) is 4.94. The molecule has 0 aliphatic rings. The van der Waals surface area contributed by atoms with Crippen molar-refractivity contribution in [3.8, 4) is 0 Å². The largest absolute Gasteiger partial charge is 0.349 e. The molecule has 22 heavy (non-hydrogen) atoms. The van der Waals surface area contributed by atoms with Gasteiger partial charge in [0.25, 0.3) is 5.91 Å². The number of hydrogen-bond donors (Lipinski definition) is 1. The van der Waals surface area contributed by atoms with Gasteiger partial charge in [-0.3, -0.25) is 9.59 Å². The number of rotatable bonds is 4. The molecule has 4 nitrogen and oxygen atoms in total. The van der Waals surface area contributed by atoms with Gasteiger partial charge in [0.2, 0.25) is 5.91 Å². The van der Waals surface area contributed by atoms with E-state index in [0.29, 0.717) is 17.7 Å². The molecule has 0 heterocycles. The molecule has 2 rings (SSSR count). The van der Waals surface area contributed by atoms with E-state index in [1.54, 1.807) is 25.1 Å². The summed E-state index contributed by atoms with van der Waals surface area (Å²) in [7, 11) is 3.47. The topological polar surface area (TPSA) is 49.4 Å². The van der Waals surface area contributed by atoms with Crippen LogP contribution in [0, 0.1) is 6.92 Å². The predicted molar refractivity (Wildman–Crippen MR) is 88.0 cm³/mol. The van der Waals surface area contributed by atoms with Crippen LogP contribution in [0.1, 0.15) is 21.5 Å². The molecule has 2 aromatic carbocycles. The molecule has 2 amide bonds. The van der Waals surface area contributed by atoms with Crippen LogP contribution >= 0.6 is 0 Å². The number of aryl methyl sites for hydroxylation is 1. The van der Waals surface area contributed by atoms with Gasteiger partial charge in [0.1, 0.15) is 0 Å². The summed E-state index contributed by atoms with van der Waals surface area (Å²) >= 11 is 0. The number of nitrogens with one attached hydrogen (secondary N) is 1. The molecule has 1 N–H and O–H groups in total. The molecule has 0 aliphatic heterocycles. The molecule has 114 valence electrons. The lowest BCUT2D eigenvalue weighted by molar-refractivity contribution is -0.127. The third kappa shape index (κ3) is 4.19. The highest BCUT2D eigenvalue weighted by Gasteiger charge is 2.08. The van der Waals surface area contributed by atoms with Gasteiger partial charge in [-0.25, -0.2) is 0 Å². The molecule has 2 aromatic rings. The van der Waals surface area contributed by atoms with Crippen LogP contribution in [-0.2, 0) is 11.2 Å². The van der Waals surface area contributed by atoms with Crippen LogP contribution in [0.5, 0.6) is 0 Å². The van der Waals surface area contributed by atoms with Crippen molar-refractivity contribution in [3.05, 3.63) is 65.2 Å². The molecular formula is C18H20N2O2. The molecule has 0 aromatic heterocycles. The number of likely N-dealkylation sites (N-methyl/N-ethyl adjacent to an activating group) is 1. The normalized spacial score (nSPS) is 10.1. The molecule has 4 heteroatoms. The smallest absolute Gasteiger partial charge is 0.255 e. The molecule has 0 bridgehead atoms. The average molecular weight is 296 g/mol. The lowest BCUT2D eigenvalue weighted by atomic mass is 10.1. The van der Waals surface area contributed by atoms with E-state index in [4.69, 9.17) is 0 Å². The summed E-state index contributed by atoms with van der Waals surface area (Å²) in [6.45, 7) is 1.95. The van der Waals surface area contributed by atoms with Crippen LogP contribution in [0.4, 0.5) is 5.69 Å². The SMILES string of the molecule is Cc1cccc(C(=O)Nc2ccc(CC(=O)N(C)C)cc2)c1. The second kappa shape index (κ2) is 6.89. The first-order valence-corrected chi connectivity index (χ1v) is 7.13. The van der Waals surface area contributed by atoms with E-state index in [0.717, 1.165) is 11.1 Å². The second-order valence-electron chi connectivity index (χ2n) is 5.49. The van der Waals surface area contributed by atoms with E-state index in [2.05, 4.69) is 5.32 Å². The predicted octanol–water partition coefficient (Wildman–Crippen LogP) is 2.88. The van der Waals surface area contributed by atoms with E-state index in [-0.39, 0.29) is 11.8 Å². The molecule has 0 radical (unpaired) electrons. The molecule has 0 saturated carbocycles. The third-order valence-corrected chi connectivity index (χ3v) is 3.35. The van der Waals surface area contributed by atoms with Crippen molar-refractivity contribution >= 4 is 17.5 Å².